The topological polar surface area (TPSA) is 129 Å². The lowest BCUT2D eigenvalue weighted by Gasteiger charge is -2.07. The van der Waals surface area contributed by atoms with Gasteiger partial charge in [0.05, 0.1) is 11.5 Å². The number of hydrogen-bond donors (Lipinski definition) is 2. The van der Waals surface area contributed by atoms with Crippen molar-refractivity contribution in [1.82, 2.24) is 15.0 Å². The van der Waals surface area contributed by atoms with Gasteiger partial charge in [0, 0.05) is 18.3 Å². The molecule has 0 unspecified atom stereocenters. The van der Waals surface area contributed by atoms with Crippen molar-refractivity contribution >= 4 is 11.5 Å². The highest BCUT2D eigenvalue weighted by atomic mass is 16.6. The predicted octanol–water partition coefficient (Wildman–Crippen LogP) is 0.687. The highest BCUT2D eigenvalue weighted by Gasteiger charge is 2.23. The van der Waals surface area contributed by atoms with Crippen LogP contribution in [-0.2, 0) is 6.42 Å². The molecule has 2 aromatic rings. The first-order valence-electron chi connectivity index (χ1n) is 5.71. The Hall–Kier alpha value is -2.81. The maximum absolute atomic E-state index is 11.0. The van der Waals surface area contributed by atoms with Crippen molar-refractivity contribution in [3.63, 3.8) is 0 Å². The number of aromatic nitrogens is 3. The SMILES string of the molecule is NNc1ncnc(OCCc2ccccn2)c1[N+](=O)[O-]. The average Bonchev–Trinajstić information content (AvgIpc) is 2.47. The maximum Gasteiger partial charge on any atom is 0.374 e. The second kappa shape index (κ2) is 6.38. The van der Waals surface area contributed by atoms with E-state index < -0.39 is 10.6 Å². The summed E-state index contributed by atoms with van der Waals surface area (Å²) in [4.78, 5) is 21.9. The number of anilines is 1. The largest absolute Gasteiger partial charge is 0.472 e. The smallest absolute Gasteiger partial charge is 0.374 e. The van der Waals surface area contributed by atoms with Crippen molar-refractivity contribution in [3.05, 3.63) is 46.5 Å². The van der Waals surface area contributed by atoms with Crippen LogP contribution in [-0.4, -0.2) is 26.5 Å². The Morgan fingerprint density at radius 1 is 1.35 bits per heavy atom. The van der Waals surface area contributed by atoms with Gasteiger partial charge in [0.2, 0.25) is 5.82 Å². The van der Waals surface area contributed by atoms with E-state index in [1.165, 1.54) is 0 Å². The molecular weight excluding hydrogens is 264 g/mol. The predicted molar refractivity (Wildman–Crippen MR) is 69.9 cm³/mol. The minimum atomic E-state index is -0.648. The number of nitrogens with zero attached hydrogens (tertiary/aromatic N) is 4. The number of hydrazine groups is 1. The number of nitrogens with two attached hydrogens (primary N) is 1. The van der Waals surface area contributed by atoms with Crippen LogP contribution in [0.4, 0.5) is 11.5 Å². The highest BCUT2D eigenvalue weighted by molar-refractivity contribution is 5.60. The molecule has 0 fully saturated rings. The average molecular weight is 276 g/mol. The van der Waals surface area contributed by atoms with E-state index >= 15 is 0 Å². The van der Waals surface area contributed by atoms with Crippen LogP contribution in [0.2, 0.25) is 0 Å². The Kier molecular flexibility index (Phi) is 4.35. The number of hydrogen-bond acceptors (Lipinski definition) is 8. The Balaban J connectivity index is 2.08. The van der Waals surface area contributed by atoms with E-state index in [0.29, 0.717) is 6.42 Å². The third-order valence-electron chi connectivity index (χ3n) is 2.43. The van der Waals surface area contributed by atoms with Gasteiger partial charge in [-0.05, 0) is 12.1 Å². The van der Waals surface area contributed by atoms with Gasteiger partial charge < -0.3 is 10.2 Å². The summed E-state index contributed by atoms with van der Waals surface area (Å²) in [5.74, 6) is 4.94. The van der Waals surface area contributed by atoms with Crippen LogP contribution < -0.4 is 16.0 Å². The van der Waals surface area contributed by atoms with Gasteiger partial charge in [0.1, 0.15) is 6.33 Å². The van der Waals surface area contributed by atoms with Crippen molar-refractivity contribution in [2.45, 2.75) is 6.42 Å². The number of nitrogen functional groups attached to an aromatic ring is 1. The van der Waals surface area contributed by atoms with Crippen LogP contribution in [0.1, 0.15) is 5.69 Å². The monoisotopic (exact) mass is 276 g/mol. The minimum Gasteiger partial charge on any atom is -0.472 e. The van der Waals surface area contributed by atoms with E-state index in [1.54, 1.807) is 12.3 Å². The van der Waals surface area contributed by atoms with Gasteiger partial charge in [-0.2, -0.15) is 4.98 Å². The Morgan fingerprint density at radius 2 is 2.20 bits per heavy atom. The molecule has 2 heterocycles. The number of nitro groups is 1. The molecular formula is C11H12N6O3. The van der Waals surface area contributed by atoms with Crippen molar-refractivity contribution < 1.29 is 9.66 Å². The third kappa shape index (κ3) is 3.14. The number of rotatable bonds is 6. The van der Waals surface area contributed by atoms with Gasteiger partial charge in [0.15, 0.2) is 0 Å². The molecule has 0 aliphatic rings. The molecule has 0 radical (unpaired) electrons. The molecule has 9 heteroatoms. The number of nitrogens with one attached hydrogen (secondary N) is 1. The first kappa shape index (κ1) is 13.6. The summed E-state index contributed by atoms with van der Waals surface area (Å²) in [7, 11) is 0. The van der Waals surface area contributed by atoms with Gasteiger partial charge in [-0.25, -0.2) is 10.8 Å². The molecule has 104 valence electrons. The molecule has 0 amide bonds. The molecule has 0 bridgehead atoms. The van der Waals surface area contributed by atoms with Crippen molar-refractivity contribution in [2.75, 3.05) is 12.0 Å². The molecule has 0 aliphatic heterocycles. The first-order valence-corrected chi connectivity index (χ1v) is 5.71. The Morgan fingerprint density at radius 3 is 2.85 bits per heavy atom. The van der Waals surface area contributed by atoms with Crippen LogP contribution in [0.15, 0.2) is 30.7 Å². The summed E-state index contributed by atoms with van der Waals surface area (Å²) in [6.07, 6.45) is 3.31. The Bertz CT molecular complexity index is 592. The van der Waals surface area contributed by atoms with Crippen LogP contribution in [0.3, 0.4) is 0 Å². The summed E-state index contributed by atoms with van der Waals surface area (Å²) in [6, 6.07) is 5.50. The van der Waals surface area contributed by atoms with Gasteiger partial charge in [-0.15, -0.1) is 0 Å². The van der Waals surface area contributed by atoms with Crippen molar-refractivity contribution in [1.29, 1.82) is 0 Å². The minimum absolute atomic E-state index is 0.0992. The van der Waals surface area contributed by atoms with Crippen LogP contribution >= 0.6 is 0 Å². The number of ether oxygens (including phenoxy) is 1. The first-order chi connectivity index (χ1) is 9.72. The van der Waals surface area contributed by atoms with E-state index in [1.807, 2.05) is 12.1 Å². The van der Waals surface area contributed by atoms with E-state index in [4.69, 9.17) is 10.6 Å². The molecule has 20 heavy (non-hydrogen) atoms. The number of pyridine rings is 1. The summed E-state index contributed by atoms with van der Waals surface area (Å²) < 4.78 is 5.32. The fourth-order valence-corrected chi connectivity index (χ4v) is 1.54. The standard InChI is InChI=1S/C11H12N6O3/c12-16-10-9(17(18)19)11(15-7-14-10)20-6-4-8-3-1-2-5-13-8/h1-3,5,7H,4,6,12H2,(H,14,15,16). The Labute approximate surface area is 114 Å². The lowest BCUT2D eigenvalue weighted by atomic mass is 10.3. The van der Waals surface area contributed by atoms with Gasteiger partial charge >= 0.3 is 5.69 Å². The lowest BCUT2D eigenvalue weighted by molar-refractivity contribution is -0.385. The quantitative estimate of drug-likeness (QED) is 0.447. The summed E-state index contributed by atoms with van der Waals surface area (Å²) in [5, 5.41) is 11.0. The molecule has 9 nitrogen and oxygen atoms in total. The van der Waals surface area contributed by atoms with Gasteiger partial charge in [0.25, 0.3) is 5.88 Å². The molecule has 0 saturated heterocycles. The molecule has 3 N–H and O–H groups in total. The molecule has 2 aromatic heterocycles. The van der Waals surface area contributed by atoms with Crippen LogP contribution in [0, 0.1) is 10.1 Å². The molecule has 0 atom stereocenters. The van der Waals surface area contributed by atoms with E-state index in [9.17, 15) is 10.1 Å². The molecule has 0 aromatic carbocycles. The summed E-state index contributed by atoms with van der Waals surface area (Å²) in [6.45, 7) is 0.207. The summed E-state index contributed by atoms with van der Waals surface area (Å²) >= 11 is 0. The normalized spacial score (nSPS) is 10.1. The second-order valence-electron chi connectivity index (χ2n) is 3.70. The van der Waals surface area contributed by atoms with Gasteiger partial charge in [-0.1, -0.05) is 6.07 Å². The maximum atomic E-state index is 11.0. The highest BCUT2D eigenvalue weighted by Crippen LogP contribution is 2.29. The summed E-state index contributed by atoms with van der Waals surface area (Å²) in [5.41, 5.74) is 2.57. The van der Waals surface area contributed by atoms with Crippen molar-refractivity contribution in [3.8, 4) is 5.88 Å². The van der Waals surface area contributed by atoms with Crippen molar-refractivity contribution in [2.24, 2.45) is 5.84 Å². The molecule has 2 rings (SSSR count). The zero-order valence-electron chi connectivity index (χ0n) is 10.4. The molecule has 0 spiro atoms. The zero-order valence-corrected chi connectivity index (χ0v) is 10.4. The fourth-order valence-electron chi connectivity index (χ4n) is 1.54. The van der Waals surface area contributed by atoms with Crippen LogP contribution in [0.5, 0.6) is 5.88 Å². The third-order valence-corrected chi connectivity index (χ3v) is 2.43. The molecule has 0 aliphatic carbocycles. The van der Waals surface area contributed by atoms with Crippen LogP contribution in [0.25, 0.3) is 0 Å². The van der Waals surface area contributed by atoms with E-state index in [0.717, 1.165) is 12.0 Å². The zero-order chi connectivity index (χ0) is 14.4. The van der Waals surface area contributed by atoms with Gasteiger partial charge in [-0.3, -0.25) is 15.1 Å². The lowest BCUT2D eigenvalue weighted by Crippen LogP contribution is -2.13. The molecule has 0 saturated carbocycles. The van der Waals surface area contributed by atoms with E-state index in [-0.39, 0.29) is 18.3 Å². The second-order valence-corrected chi connectivity index (χ2v) is 3.70. The fraction of sp³-hybridized carbons (Fsp3) is 0.182. The van der Waals surface area contributed by atoms with E-state index in [2.05, 4.69) is 20.4 Å².